The Balaban J connectivity index is 2.40. The lowest BCUT2D eigenvalue weighted by molar-refractivity contribution is -0.132. The lowest BCUT2D eigenvalue weighted by Crippen LogP contribution is -2.56. The Morgan fingerprint density at radius 1 is 1.39 bits per heavy atom. The number of carbonyl (C=O) groups excluding carboxylic acids is 2. The molecule has 0 saturated heterocycles. The molecule has 2 amide bonds. The van der Waals surface area contributed by atoms with Crippen molar-refractivity contribution in [3.05, 3.63) is 0 Å². The normalized spacial score (nSPS) is 26.0. The van der Waals surface area contributed by atoms with E-state index in [0.29, 0.717) is 31.8 Å². The van der Waals surface area contributed by atoms with Crippen molar-refractivity contribution in [1.82, 2.24) is 10.6 Å². The fraction of sp³-hybridized carbons (Fsp3) is 0.750. The van der Waals surface area contributed by atoms with Crippen LogP contribution in [0, 0.1) is 11.3 Å². The Hall–Kier alpha value is -1.17. The Morgan fingerprint density at radius 3 is 2.44 bits per heavy atom. The minimum Gasteiger partial charge on any atom is -0.392 e. The maximum atomic E-state index is 12.1. The van der Waals surface area contributed by atoms with Crippen molar-refractivity contribution in [1.29, 1.82) is 0 Å². The molecule has 0 radical (unpaired) electrons. The number of hydrogen-bond donors (Lipinski definition) is 3. The average molecular weight is 271 g/mol. The predicted molar refractivity (Wildman–Crippen MR) is 73.9 cm³/mol. The molecule has 0 aromatic heterocycles. The maximum absolute atomic E-state index is 12.1. The molecule has 0 aromatic rings. The highest BCUT2D eigenvalue weighted by Crippen LogP contribution is 2.45. The molecular formula is C12H21N3O2S. The maximum Gasteiger partial charge on any atom is 0.233 e. The van der Waals surface area contributed by atoms with E-state index in [-0.39, 0.29) is 23.2 Å². The van der Waals surface area contributed by atoms with Crippen LogP contribution in [0.2, 0.25) is 0 Å². The second kappa shape index (κ2) is 6.13. The number of carbonyl (C=O) groups is 2. The number of rotatable bonds is 6. The molecule has 0 aliphatic heterocycles. The van der Waals surface area contributed by atoms with E-state index < -0.39 is 5.41 Å². The van der Waals surface area contributed by atoms with Crippen LogP contribution in [0.15, 0.2) is 0 Å². The smallest absolute Gasteiger partial charge is 0.233 e. The van der Waals surface area contributed by atoms with Gasteiger partial charge in [0.05, 0.1) is 10.4 Å². The molecular weight excluding hydrogens is 250 g/mol. The Kier molecular flexibility index (Phi) is 5.07. The van der Waals surface area contributed by atoms with Gasteiger partial charge in [-0.2, -0.15) is 0 Å². The van der Waals surface area contributed by atoms with Crippen molar-refractivity contribution in [2.75, 3.05) is 13.1 Å². The van der Waals surface area contributed by atoms with Gasteiger partial charge < -0.3 is 16.4 Å². The zero-order valence-corrected chi connectivity index (χ0v) is 11.7. The van der Waals surface area contributed by atoms with Crippen LogP contribution in [0.1, 0.15) is 33.1 Å². The lowest BCUT2D eigenvalue weighted by Gasteiger charge is -2.44. The van der Waals surface area contributed by atoms with E-state index >= 15 is 0 Å². The van der Waals surface area contributed by atoms with Gasteiger partial charge in [0.2, 0.25) is 11.8 Å². The van der Waals surface area contributed by atoms with Crippen molar-refractivity contribution in [3.8, 4) is 0 Å². The summed E-state index contributed by atoms with van der Waals surface area (Å²) >= 11 is 4.99. The van der Waals surface area contributed by atoms with Crippen molar-refractivity contribution < 1.29 is 9.59 Å². The topological polar surface area (TPSA) is 84.2 Å². The molecule has 1 saturated carbocycles. The summed E-state index contributed by atoms with van der Waals surface area (Å²) < 4.78 is 0. The van der Waals surface area contributed by atoms with E-state index in [1.165, 1.54) is 0 Å². The number of nitrogens with one attached hydrogen (secondary N) is 2. The first-order valence-corrected chi connectivity index (χ1v) is 6.68. The fourth-order valence-corrected chi connectivity index (χ4v) is 2.63. The van der Waals surface area contributed by atoms with E-state index in [1.54, 1.807) is 0 Å². The second-order valence-electron chi connectivity index (χ2n) is 4.92. The van der Waals surface area contributed by atoms with Gasteiger partial charge in [0, 0.05) is 19.5 Å². The Labute approximate surface area is 113 Å². The van der Waals surface area contributed by atoms with E-state index in [2.05, 4.69) is 17.6 Å². The van der Waals surface area contributed by atoms with Crippen LogP contribution in [-0.4, -0.2) is 29.9 Å². The van der Waals surface area contributed by atoms with Crippen LogP contribution < -0.4 is 16.4 Å². The highest BCUT2D eigenvalue weighted by Gasteiger charge is 2.50. The first-order chi connectivity index (χ1) is 8.42. The van der Waals surface area contributed by atoms with Crippen LogP contribution in [0.5, 0.6) is 0 Å². The van der Waals surface area contributed by atoms with E-state index in [4.69, 9.17) is 18.0 Å². The van der Waals surface area contributed by atoms with Gasteiger partial charge >= 0.3 is 0 Å². The third kappa shape index (κ3) is 3.19. The van der Waals surface area contributed by atoms with Crippen LogP contribution in [0.4, 0.5) is 0 Å². The van der Waals surface area contributed by atoms with Gasteiger partial charge in [-0.05, 0) is 25.7 Å². The average Bonchev–Trinajstić information content (AvgIpc) is 2.24. The van der Waals surface area contributed by atoms with Gasteiger partial charge in [0.15, 0.2) is 0 Å². The SMILES string of the molecule is CCNC(=O)CCNC(=O)C1(C(N)=S)CC(C)C1. The molecule has 0 heterocycles. The van der Waals surface area contributed by atoms with Crippen LogP contribution in [-0.2, 0) is 9.59 Å². The van der Waals surface area contributed by atoms with Crippen LogP contribution in [0.3, 0.4) is 0 Å². The first-order valence-electron chi connectivity index (χ1n) is 6.27. The standard InChI is InChI=1S/C12H21N3O2S/c1-3-14-9(16)4-5-15-11(17)12(10(13)18)6-8(2)7-12/h8H,3-7H2,1-2H3,(H2,13,18)(H,14,16)(H,15,17). The van der Waals surface area contributed by atoms with Gasteiger partial charge in [0.1, 0.15) is 0 Å². The van der Waals surface area contributed by atoms with Gasteiger partial charge in [-0.1, -0.05) is 19.1 Å². The first kappa shape index (κ1) is 14.9. The number of thiocarbonyl (C=S) groups is 1. The quantitative estimate of drug-likeness (QED) is 0.608. The summed E-state index contributed by atoms with van der Waals surface area (Å²) in [4.78, 5) is 23.6. The number of hydrogen-bond acceptors (Lipinski definition) is 3. The molecule has 0 atom stereocenters. The summed E-state index contributed by atoms with van der Waals surface area (Å²) in [5.41, 5.74) is 4.98. The molecule has 0 spiro atoms. The Morgan fingerprint density at radius 2 is 2.00 bits per heavy atom. The summed E-state index contributed by atoms with van der Waals surface area (Å²) in [5, 5.41) is 5.42. The molecule has 5 nitrogen and oxygen atoms in total. The van der Waals surface area contributed by atoms with E-state index in [9.17, 15) is 9.59 Å². The van der Waals surface area contributed by atoms with E-state index in [0.717, 1.165) is 0 Å². The third-order valence-electron chi connectivity index (χ3n) is 3.31. The predicted octanol–water partition coefficient (Wildman–Crippen LogP) is 0.331. The summed E-state index contributed by atoms with van der Waals surface area (Å²) in [6, 6.07) is 0. The van der Waals surface area contributed by atoms with Gasteiger partial charge in [-0.25, -0.2) is 0 Å². The lowest BCUT2D eigenvalue weighted by atomic mass is 9.62. The fourth-order valence-electron chi connectivity index (χ4n) is 2.37. The molecule has 1 rings (SSSR count). The molecule has 0 bridgehead atoms. The highest BCUT2D eigenvalue weighted by atomic mass is 32.1. The van der Waals surface area contributed by atoms with Crippen molar-refractivity contribution in [2.45, 2.75) is 33.1 Å². The highest BCUT2D eigenvalue weighted by molar-refractivity contribution is 7.80. The molecule has 0 unspecified atom stereocenters. The zero-order chi connectivity index (χ0) is 13.8. The van der Waals surface area contributed by atoms with Gasteiger partial charge in [-0.15, -0.1) is 0 Å². The van der Waals surface area contributed by atoms with Crippen LogP contribution >= 0.6 is 12.2 Å². The number of nitrogens with two attached hydrogens (primary N) is 1. The number of amides is 2. The molecule has 0 aromatic carbocycles. The minimum absolute atomic E-state index is 0.0656. The molecule has 1 fully saturated rings. The zero-order valence-electron chi connectivity index (χ0n) is 10.9. The largest absolute Gasteiger partial charge is 0.392 e. The summed E-state index contributed by atoms with van der Waals surface area (Å²) in [6.45, 7) is 4.84. The van der Waals surface area contributed by atoms with Crippen molar-refractivity contribution in [3.63, 3.8) is 0 Å². The molecule has 18 heavy (non-hydrogen) atoms. The summed E-state index contributed by atoms with van der Waals surface area (Å²) in [6.07, 6.45) is 1.69. The third-order valence-corrected chi connectivity index (χ3v) is 3.70. The molecule has 4 N–H and O–H groups in total. The summed E-state index contributed by atoms with van der Waals surface area (Å²) in [5.74, 6) is 0.266. The second-order valence-corrected chi connectivity index (χ2v) is 5.36. The summed E-state index contributed by atoms with van der Waals surface area (Å²) in [7, 11) is 0. The molecule has 6 heteroatoms. The van der Waals surface area contributed by atoms with Crippen LogP contribution in [0.25, 0.3) is 0 Å². The minimum atomic E-state index is -0.685. The van der Waals surface area contributed by atoms with Crippen molar-refractivity contribution in [2.24, 2.45) is 17.1 Å². The Bertz CT molecular complexity index is 351. The molecule has 1 aliphatic rings. The molecule has 1 aliphatic carbocycles. The van der Waals surface area contributed by atoms with Gasteiger partial charge in [0.25, 0.3) is 0 Å². The van der Waals surface area contributed by atoms with Crippen molar-refractivity contribution >= 4 is 29.0 Å². The monoisotopic (exact) mass is 271 g/mol. The van der Waals surface area contributed by atoms with Gasteiger partial charge in [-0.3, -0.25) is 9.59 Å². The molecule has 102 valence electrons. The van der Waals surface area contributed by atoms with E-state index in [1.807, 2.05) is 6.92 Å².